The Morgan fingerprint density at radius 2 is 2.14 bits per heavy atom. The number of aromatic hydroxyl groups is 1. The third kappa shape index (κ3) is 2.90. The number of aromatic amines is 1. The van der Waals surface area contributed by atoms with Gasteiger partial charge in [0, 0.05) is 35.1 Å². The summed E-state index contributed by atoms with van der Waals surface area (Å²) in [6.45, 7) is 7.25. The lowest BCUT2D eigenvalue weighted by atomic mass is 9.82. The molecule has 1 unspecified atom stereocenters. The first-order valence-electron chi connectivity index (χ1n) is 10.1. The fourth-order valence-electron chi connectivity index (χ4n) is 4.59. The van der Waals surface area contributed by atoms with E-state index in [-0.39, 0.29) is 17.1 Å². The zero-order valence-corrected chi connectivity index (χ0v) is 16.5. The number of para-hydroxylation sites is 1. The Labute approximate surface area is 169 Å². The summed E-state index contributed by atoms with van der Waals surface area (Å²) >= 11 is 0. The van der Waals surface area contributed by atoms with Gasteiger partial charge in [0.05, 0.1) is 5.69 Å². The molecule has 6 heteroatoms. The van der Waals surface area contributed by atoms with Gasteiger partial charge in [-0.15, -0.1) is 10.2 Å². The number of hydrogen-bond donors (Lipinski definition) is 2. The summed E-state index contributed by atoms with van der Waals surface area (Å²) in [5.74, 6) is 0.701. The molecule has 0 bridgehead atoms. The number of carbonyl (C=O) groups excluding carboxylic acids is 1. The van der Waals surface area contributed by atoms with Crippen molar-refractivity contribution in [2.75, 3.05) is 13.1 Å². The van der Waals surface area contributed by atoms with Crippen LogP contribution in [-0.4, -0.2) is 44.2 Å². The summed E-state index contributed by atoms with van der Waals surface area (Å²) in [6, 6.07) is 9.24. The number of amides is 1. The molecule has 0 spiro atoms. The van der Waals surface area contributed by atoms with Crippen LogP contribution in [0.15, 0.2) is 43.0 Å². The van der Waals surface area contributed by atoms with Crippen molar-refractivity contribution in [2.24, 2.45) is 0 Å². The Morgan fingerprint density at radius 3 is 2.86 bits per heavy atom. The Bertz CT molecular complexity index is 1130. The van der Waals surface area contributed by atoms with Gasteiger partial charge in [-0.1, -0.05) is 25.6 Å². The van der Waals surface area contributed by atoms with Gasteiger partial charge in [-0.05, 0) is 55.0 Å². The Balaban J connectivity index is 1.62. The van der Waals surface area contributed by atoms with E-state index in [1.54, 1.807) is 12.1 Å². The summed E-state index contributed by atoms with van der Waals surface area (Å²) in [5.41, 5.74) is 4.46. The molecule has 1 aliphatic carbocycles. The molecule has 3 heterocycles. The molecule has 3 aromatic rings. The second kappa shape index (κ2) is 6.44. The first kappa shape index (κ1) is 17.9. The van der Waals surface area contributed by atoms with Crippen LogP contribution < -0.4 is 0 Å². The number of nitrogens with zero attached hydrogens (tertiary/aromatic N) is 3. The minimum absolute atomic E-state index is 0.0144. The van der Waals surface area contributed by atoms with Gasteiger partial charge >= 0.3 is 0 Å². The van der Waals surface area contributed by atoms with E-state index >= 15 is 0 Å². The van der Waals surface area contributed by atoms with Crippen molar-refractivity contribution in [3.05, 3.63) is 54.2 Å². The fourth-order valence-corrected chi connectivity index (χ4v) is 4.59. The van der Waals surface area contributed by atoms with E-state index in [9.17, 15) is 9.90 Å². The van der Waals surface area contributed by atoms with Gasteiger partial charge in [0.2, 0.25) is 5.91 Å². The van der Waals surface area contributed by atoms with Crippen LogP contribution in [-0.2, 0) is 10.2 Å². The molecule has 2 aliphatic rings. The number of phenolic OH excluding ortho intramolecular Hbond substituents is 1. The third-order valence-electron chi connectivity index (χ3n) is 6.33. The van der Waals surface area contributed by atoms with Gasteiger partial charge in [0.1, 0.15) is 5.75 Å². The molecule has 1 aromatic carbocycles. The van der Waals surface area contributed by atoms with E-state index in [1.807, 2.05) is 23.1 Å². The average Bonchev–Trinajstić information content (AvgIpc) is 3.37. The lowest BCUT2D eigenvalue weighted by molar-refractivity contribution is -0.125. The molecule has 1 atom stereocenters. The van der Waals surface area contributed by atoms with Crippen molar-refractivity contribution in [3.63, 3.8) is 0 Å². The highest BCUT2D eigenvalue weighted by molar-refractivity contribution is 5.88. The molecular weight excluding hydrogens is 364 g/mol. The van der Waals surface area contributed by atoms with Crippen LogP contribution in [0.3, 0.4) is 0 Å². The van der Waals surface area contributed by atoms with Crippen LogP contribution in [0.1, 0.15) is 43.4 Å². The minimum atomic E-state index is -0.146. The zero-order valence-electron chi connectivity index (χ0n) is 16.5. The van der Waals surface area contributed by atoms with Crippen molar-refractivity contribution < 1.29 is 9.90 Å². The number of phenols is 1. The minimum Gasteiger partial charge on any atom is -0.507 e. The Morgan fingerprint density at radius 1 is 1.34 bits per heavy atom. The van der Waals surface area contributed by atoms with Crippen molar-refractivity contribution in [1.29, 1.82) is 0 Å². The first-order chi connectivity index (χ1) is 14.0. The number of benzene rings is 1. The maximum atomic E-state index is 12.1. The van der Waals surface area contributed by atoms with Crippen LogP contribution >= 0.6 is 0 Å². The number of rotatable bonds is 4. The van der Waals surface area contributed by atoms with Crippen LogP contribution in [0.2, 0.25) is 0 Å². The van der Waals surface area contributed by atoms with Crippen LogP contribution in [0.25, 0.3) is 22.3 Å². The van der Waals surface area contributed by atoms with E-state index in [0.29, 0.717) is 23.7 Å². The smallest absolute Gasteiger partial charge is 0.245 e. The Kier molecular flexibility index (Phi) is 3.98. The van der Waals surface area contributed by atoms with Gasteiger partial charge in [-0.2, -0.15) is 0 Å². The SMILES string of the molecule is C=CC(=O)N1CCC(C)(c2[nH]c3nnc(-c4ccccc4O)cc3c2C2CC2)C1. The average molecular weight is 388 g/mol. The van der Waals surface area contributed by atoms with E-state index < -0.39 is 0 Å². The highest BCUT2D eigenvalue weighted by atomic mass is 16.3. The first-order valence-corrected chi connectivity index (χ1v) is 10.1. The molecule has 2 N–H and O–H groups in total. The molecule has 1 aliphatic heterocycles. The number of carbonyl (C=O) groups is 1. The highest BCUT2D eigenvalue weighted by Gasteiger charge is 2.42. The number of fused-ring (bicyclic) bond motifs is 1. The topological polar surface area (TPSA) is 82.1 Å². The molecule has 0 radical (unpaired) electrons. The molecule has 148 valence electrons. The normalized spacial score (nSPS) is 21.6. The number of aromatic nitrogens is 3. The predicted molar refractivity (Wildman–Crippen MR) is 112 cm³/mol. The third-order valence-corrected chi connectivity index (χ3v) is 6.33. The summed E-state index contributed by atoms with van der Waals surface area (Å²) in [6.07, 6.45) is 4.63. The second-order valence-electron chi connectivity index (χ2n) is 8.47. The molecule has 5 rings (SSSR count). The van der Waals surface area contributed by atoms with Gasteiger partial charge in [0.25, 0.3) is 0 Å². The lowest BCUT2D eigenvalue weighted by Crippen LogP contribution is -2.32. The summed E-state index contributed by atoms with van der Waals surface area (Å²) in [7, 11) is 0. The fraction of sp³-hybridized carbons (Fsp3) is 0.348. The lowest BCUT2D eigenvalue weighted by Gasteiger charge is -2.25. The summed E-state index contributed by atoms with van der Waals surface area (Å²) in [5, 5.41) is 20.1. The molecule has 6 nitrogen and oxygen atoms in total. The molecular formula is C23H24N4O2. The van der Waals surface area contributed by atoms with Gasteiger partial charge < -0.3 is 15.0 Å². The molecule has 1 amide bonds. The van der Waals surface area contributed by atoms with Crippen molar-refractivity contribution in [1.82, 2.24) is 20.1 Å². The van der Waals surface area contributed by atoms with Gasteiger partial charge in [-0.25, -0.2) is 0 Å². The largest absolute Gasteiger partial charge is 0.507 e. The number of nitrogens with one attached hydrogen (secondary N) is 1. The van der Waals surface area contributed by atoms with Crippen LogP contribution in [0, 0.1) is 0 Å². The van der Waals surface area contributed by atoms with Crippen molar-refractivity contribution in [3.8, 4) is 17.0 Å². The van der Waals surface area contributed by atoms with Crippen molar-refractivity contribution >= 4 is 16.9 Å². The number of H-pyrrole nitrogens is 1. The van der Waals surface area contributed by atoms with Gasteiger partial charge in [0.15, 0.2) is 5.65 Å². The summed E-state index contributed by atoms with van der Waals surface area (Å²) < 4.78 is 0. The van der Waals surface area contributed by atoms with Crippen molar-refractivity contribution in [2.45, 2.75) is 37.5 Å². The van der Waals surface area contributed by atoms with E-state index in [1.165, 1.54) is 30.2 Å². The molecule has 29 heavy (non-hydrogen) atoms. The van der Waals surface area contributed by atoms with E-state index in [0.717, 1.165) is 24.0 Å². The molecule has 1 saturated heterocycles. The zero-order chi connectivity index (χ0) is 20.2. The summed E-state index contributed by atoms with van der Waals surface area (Å²) in [4.78, 5) is 17.5. The maximum absolute atomic E-state index is 12.1. The van der Waals surface area contributed by atoms with E-state index in [4.69, 9.17) is 0 Å². The molecule has 1 saturated carbocycles. The van der Waals surface area contributed by atoms with Crippen LogP contribution in [0.4, 0.5) is 0 Å². The standard InChI is InChI=1S/C23H24N4O2/c1-3-19(29)27-11-10-23(2,13-27)21-20(14-8-9-14)16-12-17(25-26-22(16)24-21)15-6-4-5-7-18(15)28/h3-7,12,14,28H,1,8-11,13H2,2H3,(H,24,26). The van der Waals surface area contributed by atoms with Gasteiger partial charge in [-0.3, -0.25) is 4.79 Å². The predicted octanol–water partition coefficient (Wildman–Crippen LogP) is 3.88. The monoisotopic (exact) mass is 388 g/mol. The Hall–Kier alpha value is -3.15. The number of likely N-dealkylation sites (tertiary alicyclic amines) is 1. The second-order valence-corrected chi connectivity index (χ2v) is 8.47. The highest BCUT2D eigenvalue weighted by Crippen LogP contribution is 2.49. The maximum Gasteiger partial charge on any atom is 0.245 e. The van der Waals surface area contributed by atoms with E-state index in [2.05, 4.69) is 28.7 Å². The number of hydrogen-bond acceptors (Lipinski definition) is 4. The molecule has 2 fully saturated rings. The molecule has 2 aromatic heterocycles. The van der Waals surface area contributed by atoms with Crippen LogP contribution in [0.5, 0.6) is 5.75 Å². The quantitative estimate of drug-likeness (QED) is 0.665.